The normalized spacial score (nSPS) is 12.2. The van der Waals surface area contributed by atoms with Crippen molar-refractivity contribution < 1.29 is 17.9 Å². The van der Waals surface area contributed by atoms with E-state index in [-0.39, 0.29) is 11.3 Å². The van der Waals surface area contributed by atoms with Gasteiger partial charge >= 0.3 is 0 Å². The van der Waals surface area contributed by atoms with Gasteiger partial charge in [-0.3, -0.25) is 14.3 Å². The van der Waals surface area contributed by atoms with Crippen LogP contribution in [0.2, 0.25) is 0 Å². The van der Waals surface area contributed by atoms with E-state index in [0.717, 1.165) is 10.9 Å². The molecule has 0 aliphatic carbocycles. The molecule has 2 aromatic carbocycles. The number of hydrogen-bond acceptors (Lipinski definition) is 3. The number of carbonyl (C=O) groups is 1. The summed E-state index contributed by atoms with van der Waals surface area (Å²) >= 11 is -2.06. The molecule has 1 atom stereocenters. The van der Waals surface area contributed by atoms with E-state index < -0.39 is 17.1 Å². The van der Waals surface area contributed by atoms with E-state index in [2.05, 4.69) is 9.71 Å². The zero-order chi connectivity index (χ0) is 18.5. The minimum Gasteiger partial charge on any atom is -0.294 e. The van der Waals surface area contributed by atoms with Crippen LogP contribution in [0.5, 0.6) is 0 Å². The molecule has 2 N–H and O–H groups in total. The van der Waals surface area contributed by atoms with Crippen molar-refractivity contribution in [3.05, 3.63) is 77.2 Å². The third-order valence-corrected chi connectivity index (χ3v) is 4.40. The maximum atomic E-state index is 13.9. The molecule has 3 rings (SSSR count). The number of ketones is 1. The zero-order valence-corrected chi connectivity index (χ0v) is 14.6. The molecule has 5 nitrogen and oxygen atoms in total. The first-order valence-electron chi connectivity index (χ1n) is 8.06. The Morgan fingerprint density at radius 1 is 1.15 bits per heavy atom. The van der Waals surface area contributed by atoms with Gasteiger partial charge in [-0.15, -0.1) is 0 Å². The second-order valence-electron chi connectivity index (χ2n) is 5.84. The summed E-state index contributed by atoms with van der Waals surface area (Å²) in [4.78, 5) is 17.0. The monoisotopic (exact) mass is 372 g/mol. The zero-order valence-electron chi connectivity index (χ0n) is 13.8. The molecule has 0 saturated heterocycles. The van der Waals surface area contributed by atoms with Crippen molar-refractivity contribution in [1.82, 2.24) is 9.71 Å². The molecule has 0 bridgehead atoms. The van der Waals surface area contributed by atoms with Crippen LogP contribution < -0.4 is 4.72 Å². The van der Waals surface area contributed by atoms with Crippen LogP contribution in [0.4, 0.5) is 4.39 Å². The van der Waals surface area contributed by atoms with Crippen LogP contribution in [0.1, 0.15) is 27.9 Å². The average molecular weight is 372 g/mol. The molecule has 0 spiro atoms. The maximum Gasteiger partial charge on any atom is 0.231 e. The molecule has 0 aliphatic rings. The first-order valence-corrected chi connectivity index (χ1v) is 9.17. The van der Waals surface area contributed by atoms with Gasteiger partial charge in [0.15, 0.2) is 5.78 Å². The quantitative estimate of drug-likeness (QED) is 0.379. The lowest BCUT2D eigenvalue weighted by atomic mass is 9.98. The number of aryl methyl sites for hydroxylation is 1. The van der Waals surface area contributed by atoms with Gasteiger partial charge in [-0.1, -0.05) is 6.07 Å². The molecule has 1 aromatic heterocycles. The van der Waals surface area contributed by atoms with Crippen LogP contribution in [0.3, 0.4) is 0 Å². The molecule has 26 heavy (non-hydrogen) atoms. The number of nitrogens with one attached hydrogen (secondary N) is 1. The predicted octanol–water partition coefficient (Wildman–Crippen LogP) is 3.26. The Labute approximate surface area is 152 Å². The number of nitrogens with zero attached hydrogens (tertiary/aromatic N) is 1. The molecule has 7 heteroatoms. The van der Waals surface area contributed by atoms with E-state index in [1.165, 1.54) is 12.1 Å². The number of hydrogen-bond donors (Lipinski definition) is 2. The highest BCUT2D eigenvalue weighted by molar-refractivity contribution is 7.77. The van der Waals surface area contributed by atoms with E-state index in [0.29, 0.717) is 30.5 Å². The van der Waals surface area contributed by atoms with E-state index >= 15 is 0 Å². The number of halogens is 1. The summed E-state index contributed by atoms with van der Waals surface area (Å²) in [7, 11) is 0. The number of benzene rings is 2. The highest BCUT2D eigenvalue weighted by Crippen LogP contribution is 2.19. The summed E-state index contributed by atoms with van der Waals surface area (Å²) in [6.45, 7) is 0.320. The fraction of sp³-hybridized carbons (Fsp3) is 0.158. The molecule has 0 fully saturated rings. The summed E-state index contributed by atoms with van der Waals surface area (Å²) in [5.41, 5.74) is 2.21. The fourth-order valence-electron chi connectivity index (χ4n) is 2.76. The Morgan fingerprint density at radius 3 is 2.81 bits per heavy atom. The van der Waals surface area contributed by atoms with E-state index in [1.54, 1.807) is 36.5 Å². The molecule has 134 valence electrons. The van der Waals surface area contributed by atoms with Crippen LogP contribution in [-0.2, 0) is 17.7 Å². The van der Waals surface area contributed by atoms with Gasteiger partial charge in [0, 0.05) is 29.3 Å². The van der Waals surface area contributed by atoms with Crippen molar-refractivity contribution in [1.29, 1.82) is 0 Å². The molecule has 1 unspecified atom stereocenters. The number of pyridine rings is 1. The van der Waals surface area contributed by atoms with Crippen molar-refractivity contribution >= 4 is 28.0 Å². The Bertz CT molecular complexity index is 978. The number of aromatic nitrogens is 1. The first-order chi connectivity index (χ1) is 12.5. The number of fused-ring (bicyclic) bond motifs is 1. The molecule has 0 saturated carbocycles. The minimum absolute atomic E-state index is 0.258. The summed E-state index contributed by atoms with van der Waals surface area (Å²) < 4.78 is 35.5. The Kier molecular flexibility index (Phi) is 5.82. The van der Waals surface area contributed by atoms with Crippen LogP contribution in [0.15, 0.2) is 54.7 Å². The van der Waals surface area contributed by atoms with Gasteiger partial charge in [-0.25, -0.2) is 13.3 Å². The van der Waals surface area contributed by atoms with Gasteiger partial charge in [-0.2, -0.15) is 0 Å². The second kappa shape index (κ2) is 8.27. The van der Waals surface area contributed by atoms with Crippen molar-refractivity contribution in [2.45, 2.75) is 12.8 Å². The summed E-state index contributed by atoms with van der Waals surface area (Å²) in [6, 6.07) is 13.1. The lowest BCUT2D eigenvalue weighted by molar-refractivity contribution is 0.103. The van der Waals surface area contributed by atoms with Crippen LogP contribution >= 0.6 is 0 Å². The van der Waals surface area contributed by atoms with Crippen molar-refractivity contribution in [2.75, 3.05) is 6.54 Å². The topological polar surface area (TPSA) is 79.3 Å². The largest absolute Gasteiger partial charge is 0.294 e. The minimum atomic E-state index is -2.06. The van der Waals surface area contributed by atoms with Crippen molar-refractivity contribution in [2.24, 2.45) is 0 Å². The molecular weight excluding hydrogens is 355 g/mol. The van der Waals surface area contributed by atoms with Gasteiger partial charge in [0.25, 0.3) is 0 Å². The van der Waals surface area contributed by atoms with Gasteiger partial charge in [0.05, 0.1) is 5.52 Å². The van der Waals surface area contributed by atoms with Crippen molar-refractivity contribution in [3.8, 4) is 0 Å². The third kappa shape index (κ3) is 4.57. The highest BCUT2D eigenvalue weighted by Gasteiger charge is 2.12. The van der Waals surface area contributed by atoms with E-state index in [9.17, 15) is 13.4 Å². The van der Waals surface area contributed by atoms with Gasteiger partial charge < -0.3 is 0 Å². The molecular formula is C19H17FN2O3S. The third-order valence-electron chi connectivity index (χ3n) is 3.95. The molecule has 3 aromatic rings. The molecule has 1 heterocycles. The maximum absolute atomic E-state index is 13.9. The fourth-order valence-corrected chi connectivity index (χ4v) is 3.08. The van der Waals surface area contributed by atoms with Crippen LogP contribution in [-0.4, -0.2) is 26.1 Å². The molecule has 0 radical (unpaired) electrons. The number of carbonyl (C=O) groups excluding carboxylic acids is 1. The lowest BCUT2D eigenvalue weighted by Crippen LogP contribution is -2.17. The standard InChI is InChI=1S/C19H17FN2O3S/c20-17-10-13(3-1-8-22-26(24)25)9-16(12-17)19(23)15-5-6-18-14(11-15)4-2-7-21-18/h2,4-7,9-12,22H,1,3,8H2,(H,24,25). The van der Waals surface area contributed by atoms with Gasteiger partial charge in [0.1, 0.15) is 5.82 Å². The Balaban J connectivity index is 1.80. The second-order valence-corrected chi connectivity index (χ2v) is 6.62. The van der Waals surface area contributed by atoms with E-state index in [4.69, 9.17) is 4.55 Å². The SMILES string of the molecule is O=C(c1cc(F)cc(CCCNS(=O)O)c1)c1ccc2ncccc2c1. The van der Waals surface area contributed by atoms with Gasteiger partial charge in [0.2, 0.25) is 11.3 Å². The van der Waals surface area contributed by atoms with E-state index in [1.807, 2.05) is 6.07 Å². The summed E-state index contributed by atoms with van der Waals surface area (Å²) in [6.07, 6.45) is 2.72. The molecule has 0 aliphatic heterocycles. The molecule has 0 amide bonds. The van der Waals surface area contributed by atoms with Crippen LogP contribution in [0.25, 0.3) is 10.9 Å². The summed E-state index contributed by atoms with van der Waals surface area (Å²) in [5, 5.41) is 0.845. The Morgan fingerprint density at radius 2 is 2.00 bits per heavy atom. The summed E-state index contributed by atoms with van der Waals surface area (Å²) in [5.74, 6) is -0.738. The van der Waals surface area contributed by atoms with Crippen molar-refractivity contribution in [3.63, 3.8) is 0 Å². The predicted molar refractivity (Wildman–Crippen MR) is 98.7 cm³/mol. The van der Waals surface area contributed by atoms with Crippen LogP contribution in [0, 0.1) is 5.82 Å². The highest BCUT2D eigenvalue weighted by atomic mass is 32.2. The number of rotatable bonds is 7. The first kappa shape index (κ1) is 18.3. The average Bonchev–Trinajstić information content (AvgIpc) is 2.63. The lowest BCUT2D eigenvalue weighted by Gasteiger charge is -2.07. The van der Waals surface area contributed by atoms with Gasteiger partial charge in [-0.05, 0) is 60.9 Å². The Hall–Kier alpha value is -2.48. The smallest absolute Gasteiger partial charge is 0.231 e.